The number of nitrogens with zero attached hydrogens (tertiary/aromatic N) is 1. The van der Waals surface area contributed by atoms with Crippen LogP contribution in [0.2, 0.25) is 0 Å². The van der Waals surface area contributed by atoms with Gasteiger partial charge in [-0.3, -0.25) is 0 Å². The van der Waals surface area contributed by atoms with Crippen LogP contribution in [0.15, 0.2) is 24.3 Å². The smallest absolute Gasteiger partial charge is 0.0702 e. The Morgan fingerprint density at radius 1 is 1.32 bits per heavy atom. The average molecular weight is 262 g/mol. The summed E-state index contributed by atoms with van der Waals surface area (Å²) in [7, 11) is 2.18. The topological polar surface area (TPSA) is 38.5 Å². The molecular weight excluding hydrogens is 236 g/mol. The lowest BCUT2D eigenvalue weighted by Crippen LogP contribution is -2.38. The molecule has 0 radical (unpaired) electrons. The minimum Gasteiger partial charge on any atom is -0.399 e. The summed E-state index contributed by atoms with van der Waals surface area (Å²) >= 11 is 0. The first-order valence-electron chi connectivity index (χ1n) is 7.13. The second-order valence-electron chi connectivity index (χ2n) is 6.34. The van der Waals surface area contributed by atoms with Crippen LogP contribution >= 0.6 is 0 Å². The summed E-state index contributed by atoms with van der Waals surface area (Å²) in [6.07, 6.45) is 2.83. The average Bonchev–Trinajstić information content (AvgIpc) is 2.81. The van der Waals surface area contributed by atoms with Crippen LogP contribution in [0.5, 0.6) is 0 Å². The molecular formula is C16H26N2O. The van der Waals surface area contributed by atoms with Crippen molar-refractivity contribution in [2.75, 3.05) is 32.5 Å². The molecule has 2 N–H and O–H groups in total. The highest BCUT2D eigenvalue weighted by atomic mass is 16.5. The van der Waals surface area contributed by atoms with E-state index >= 15 is 0 Å². The predicted octanol–water partition coefficient (Wildman–Crippen LogP) is 2.66. The molecule has 0 amide bonds. The zero-order valence-electron chi connectivity index (χ0n) is 12.4. The van der Waals surface area contributed by atoms with E-state index in [1.165, 1.54) is 18.4 Å². The molecule has 1 fully saturated rings. The SMILES string of the molecule is CN(CC1CCCO1)CC(C)(C)c1ccc(N)cc1. The van der Waals surface area contributed by atoms with Crippen LogP contribution in [0.4, 0.5) is 5.69 Å². The summed E-state index contributed by atoms with van der Waals surface area (Å²) in [6.45, 7) is 7.55. The van der Waals surface area contributed by atoms with Gasteiger partial charge in [-0.05, 0) is 37.6 Å². The maximum atomic E-state index is 5.75. The number of ether oxygens (including phenoxy) is 1. The Balaban J connectivity index is 1.93. The predicted molar refractivity (Wildman–Crippen MR) is 80.4 cm³/mol. The van der Waals surface area contributed by atoms with Gasteiger partial charge < -0.3 is 15.4 Å². The summed E-state index contributed by atoms with van der Waals surface area (Å²) in [5.41, 5.74) is 8.04. The molecule has 2 rings (SSSR count). The molecule has 106 valence electrons. The Morgan fingerprint density at radius 3 is 2.58 bits per heavy atom. The molecule has 1 unspecified atom stereocenters. The molecule has 1 aliphatic rings. The molecule has 1 saturated heterocycles. The third-order valence-corrected chi connectivity index (χ3v) is 3.90. The molecule has 1 aromatic carbocycles. The first-order chi connectivity index (χ1) is 8.97. The normalized spacial score (nSPS) is 20.1. The van der Waals surface area contributed by atoms with Crippen molar-refractivity contribution >= 4 is 5.69 Å². The Labute approximate surface area is 116 Å². The Morgan fingerprint density at radius 2 is 2.00 bits per heavy atom. The number of likely N-dealkylation sites (N-methyl/N-ethyl adjacent to an activating group) is 1. The fourth-order valence-corrected chi connectivity index (χ4v) is 2.90. The van der Waals surface area contributed by atoms with Crippen molar-refractivity contribution in [3.8, 4) is 0 Å². The van der Waals surface area contributed by atoms with Gasteiger partial charge in [0.25, 0.3) is 0 Å². The molecule has 1 heterocycles. The monoisotopic (exact) mass is 262 g/mol. The van der Waals surface area contributed by atoms with Gasteiger partial charge in [0.2, 0.25) is 0 Å². The molecule has 19 heavy (non-hydrogen) atoms. The maximum absolute atomic E-state index is 5.75. The van der Waals surface area contributed by atoms with Crippen LogP contribution < -0.4 is 5.73 Å². The van der Waals surface area contributed by atoms with Crippen LogP contribution in [-0.4, -0.2) is 37.7 Å². The minimum absolute atomic E-state index is 0.126. The number of hydrogen-bond donors (Lipinski definition) is 1. The fraction of sp³-hybridized carbons (Fsp3) is 0.625. The molecule has 0 spiro atoms. The van der Waals surface area contributed by atoms with E-state index in [4.69, 9.17) is 10.5 Å². The van der Waals surface area contributed by atoms with E-state index in [1.807, 2.05) is 12.1 Å². The highest BCUT2D eigenvalue weighted by molar-refractivity contribution is 5.41. The summed E-state index contributed by atoms with van der Waals surface area (Å²) in [5, 5.41) is 0. The van der Waals surface area contributed by atoms with Gasteiger partial charge in [0.1, 0.15) is 0 Å². The quantitative estimate of drug-likeness (QED) is 0.829. The molecule has 1 aromatic rings. The van der Waals surface area contributed by atoms with E-state index in [9.17, 15) is 0 Å². The van der Waals surface area contributed by atoms with Crippen molar-refractivity contribution in [3.05, 3.63) is 29.8 Å². The van der Waals surface area contributed by atoms with Crippen molar-refractivity contribution in [2.24, 2.45) is 0 Å². The summed E-state index contributed by atoms with van der Waals surface area (Å²) in [5.74, 6) is 0. The van der Waals surface area contributed by atoms with E-state index in [1.54, 1.807) is 0 Å². The standard InChI is InChI=1S/C16H26N2O/c1-16(2,13-6-8-14(17)9-7-13)12-18(3)11-15-5-4-10-19-15/h6-9,15H,4-5,10-12,17H2,1-3H3. The van der Waals surface area contributed by atoms with Gasteiger partial charge in [-0.1, -0.05) is 26.0 Å². The first-order valence-corrected chi connectivity index (χ1v) is 7.13. The van der Waals surface area contributed by atoms with Crippen molar-refractivity contribution in [1.82, 2.24) is 4.90 Å². The number of hydrogen-bond acceptors (Lipinski definition) is 3. The fourth-order valence-electron chi connectivity index (χ4n) is 2.90. The Hall–Kier alpha value is -1.06. The second kappa shape index (κ2) is 5.93. The van der Waals surface area contributed by atoms with Gasteiger partial charge in [0.15, 0.2) is 0 Å². The first kappa shape index (κ1) is 14.4. The molecule has 1 atom stereocenters. The van der Waals surface area contributed by atoms with Gasteiger partial charge in [-0.2, -0.15) is 0 Å². The van der Waals surface area contributed by atoms with Crippen molar-refractivity contribution in [2.45, 2.75) is 38.2 Å². The zero-order valence-corrected chi connectivity index (χ0v) is 12.4. The molecule has 1 aliphatic heterocycles. The Kier molecular flexibility index (Phi) is 4.48. The van der Waals surface area contributed by atoms with Crippen LogP contribution in [0.3, 0.4) is 0 Å². The van der Waals surface area contributed by atoms with E-state index in [2.05, 4.69) is 37.9 Å². The number of benzene rings is 1. The van der Waals surface area contributed by atoms with Crippen molar-refractivity contribution in [1.29, 1.82) is 0 Å². The molecule has 0 saturated carbocycles. The second-order valence-corrected chi connectivity index (χ2v) is 6.34. The van der Waals surface area contributed by atoms with E-state index in [0.29, 0.717) is 6.10 Å². The van der Waals surface area contributed by atoms with Gasteiger partial charge in [0, 0.05) is 30.8 Å². The highest BCUT2D eigenvalue weighted by Crippen LogP contribution is 2.25. The molecule has 0 bridgehead atoms. The number of nitrogen functional groups attached to an aromatic ring is 1. The van der Waals surface area contributed by atoms with E-state index < -0.39 is 0 Å². The lowest BCUT2D eigenvalue weighted by molar-refractivity contribution is 0.0759. The van der Waals surface area contributed by atoms with Gasteiger partial charge in [0.05, 0.1) is 6.10 Å². The third-order valence-electron chi connectivity index (χ3n) is 3.90. The lowest BCUT2D eigenvalue weighted by Gasteiger charge is -2.32. The number of anilines is 1. The van der Waals surface area contributed by atoms with Crippen molar-refractivity contribution < 1.29 is 4.74 Å². The third kappa shape index (κ3) is 3.95. The zero-order chi connectivity index (χ0) is 13.9. The summed E-state index contributed by atoms with van der Waals surface area (Å²) < 4.78 is 5.70. The lowest BCUT2D eigenvalue weighted by atomic mass is 9.84. The van der Waals surface area contributed by atoms with Gasteiger partial charge in [-0.25, -0.2) is 0 Å². The molecule has 0 aromatic heterocycles. The maximum Gasteiger partial charge on any atom is 0.0702 e. The van der Waals surface area contributed by atoms with Crippen LogP contribution in [0, 0.1) is 0 Å². The molecule has 3 heteroatoms. The Bertz CT molecular complexity index is 394. The molecule has 3 nitrogen and oxygen atoms in total. The minimum atomic E-state index is 0.126. The molecule has 0 aliphatic carbocycles. The van der Waals surface area contributed by atoms with Crippen LogP contribution in [0.25, 0.3) is 0 Å². The van der Waals surface area contributed by atoms with Crippen molar-refractivity contribution in [3.63, 3.8) is 0 Å². The van der Waals surface area contributed by atoms with Crippen LogP contribution in [0.1, 0.15) is 32.3 Å². The van der Waals surface area contributed by atoms with Gasteiger partial charge >= 0.3 is 0 Å². The number of rotatable bonds is 5. The summed E-state index contributed by atoms with van der Waals surface area (Å²) in [4.78, 5) is 2.38. The largest absolute Gasteiger partial charge is 0.399 e. The van der Waals surface area contributed by atoms with Gasteiger partial charge in [-0.15, -0.1) is 0 Å². The van der Waals surface area contributed by atoms with E-state index in [0.717, 1.165) is 25.4 Å². The highest BCUT2D eigenvalue weighted by Gasteiger charge is 2.25. The summed E-state index contributed by atoms with van der Waals surface area (Å²) in [6, 6.07) is 8.23. The van der Waals surface area contributed by atoms with E-state index in [-0.39, 0.29) is 5.41 Å². The number of nitrogens with two attached hydrogens (primary N) is 1. The van der Waals surface area contributed by atoms with Crippen LogP contribution in [-0.2, 0) is 10.2 Å².